The summed E-state index contributed by atoms with van der Waals surface area (Å²) >= 11 is 0. The molecular formula is C33H35N3O4. The lowest BCUT2D eigenvalue weighted by atomic mass is 9.99. The van der Waals surface area contributed by atoms with Crippen LogP contribution in [0.15, 0.2) is 85.4 Å². The fourth-order valence-corrected chi connectivity index (χ4v) is 4.12. The zero-order valence-electron chi connectivity index (χ0n) is 23.3. The van der Waals surface area contributed by atoms with Crippen molar-refractivity contribution >= 4 is 29.7 Å². The Morgan fingerprint density at radius 2 is 1.70 bits per heavy atom. The number of hydrogen-bond donors (Lipinski definition) is 2. The Balaban J connectivity index is 2.04. The molecule has 7 heteroatoms. The summed E-state index contributed by atoms with van der Waals surface area (Å²) in [5.41, 5.74) is 2.70. The van der Waals surface area contributed by atoms with Crippen LogP contribution < -0.4 is 10.6 Å². The van der Waals surface area contributed by atoms with Crippen LogP contribution >= 0.6 is 0 Å². The molecule has 3 aromatic carbocycles. The number of anilines is 1. The number of hydrogen-bond acceptors (Lipinski definition) is 4. The maximum Gasteiger partial charge on any atom is 0.408 e. The molecule has 0 aromatic heterocycles. The van der Waals surface area contributed by atoms with E-state index in [4.69, 9.17) is 11.2 Å². The Morgan fingerprint density at radius 1 is 1.02 bits per heavy atom. The van der Waals surface area contributed by atoms with Gasteiger partial charge >= 0.3 is 6.09 Å². The lowest BCUT2D eigenvalue weighted by molar-refractivity contribution is -0.136. The number of nitrogens with one attached hydrogen (secondary N) is 2. The summed E-state index contributed by atoms with van der Waals surface area (Å²) in [5, 5.41) is 5.58. The van der Waals surface area contributed by atoms with Crippen molar-refractivity contribution in [2.75, 3.05) is 5.32 Å². The van der Waals surface area contributed by atoms with E-state index < -0.39 is 35.6 Å². The van der Waals surface area contributed by atoms with Gasteiger partial charge in [-0.25, -0.2) is 4.79 Å². The van der Waals surface area contributed by atoms with Crippen LogP contribution in [-0.2, 0) is 20.7 Å². The highest BCUT2D eigenvalue weighted by atomic mass is 16.6. The summed E-state index contributed by atoms with van der Waals surface area (Å²) in [4.78, 5) is 41.7. The third kappa shape index (κ3) is 8.08. The van der Waals surface area contributed by atoms with Crippen LogP contribution in [0.4, 0.5) is 10.5 Å². The predicted molar refractivity (Wildman–Crippen MR) is 158 cm³/mol. The second-order valence-corrected chi connectivity index (χ2v) is 10.3. The number of carbonyl (C=O) groups excluding carboxylic acids is 3. The van der Waals surface area contributed by atoms with Crippen molar-refractivity contribution in [1.82, 2.24) is 10.2 Å². The van der Waals surface area contributed by atoms with Crippen molar-refractivity contribution in [2.24, 2.45) is 0 Å². The van der Waals surface area contributed by atoms with Crippen LogP contribution in [0.25, 0.3) is 6.08 Å². The molecule has 0 aliphatic heterocycles. The van der Waals surface area contributed by atoms with Gasteiger partial charge in [-0.1, -0.05) is 85.8 Å². The summed E-state index contributed by atoms with van der Waals surface area (Å²) < 4.78 is 5.42. The lowest BCUT2D eigenvalue weighted by Gasteiger charge is -2.30. The number of carbonyl (C=O) groups is 3. The molecule has 206 valence electrons. The first-order valence-electron chi connectivity index (χ1n) is 12.9. The van der Waals surface area contributed by atoms with Crippen molar-refractivity contribution < 1.29 is 19.1 Å². The molecule has 3 amide bonds. The summed E-state index contributed by atoms with van der Waals surface area (Å²) in [6, 6.07) is 23.7. The Kier molecular flexibility index (Phi) is 9.88. The molecule has 0 radical (unpaired) electrons. The van der Waals surface area contributed by atoms with E-state index in [2.05, 4.69) is 23.3 Å². The molecule has 0 aliphatic rings. The zero-order chi connectivity index (χ0) is 29.3. The Morgan fingerprint density at radius 3 is 2.33 bits per heavy atom. The van der Waals surface area contributed by atoms with Gasteiger partial charge in [-0.15, -0.1) is 0 Å². The number of alkyl carbamates (subject to hydrolysis) is 1. The molecular weight excluding hydrogens is 502 g/mol. The zero-order valence-corrected chi connectivity index (χ0v) is 23.3. The van der Waals surface area contributed by atoms with E-state index in [9.17, 15) is 14.4 Å². The van der Waals surface area contributed by atoms with Crippen molar-refractivity contribution in [3.8, 4) is 12.5 Å². The Labute approximate surface area is 236 Å². The molecule has 0 saturated heterocycles. The maximum atomic E-state index is 14.1. The standard InChI is InChI=1S/C33H35N3O4/c1-7-24-18-14-19-26(21-24)29(30(37)34-27-20-13-12-15-23(27)3)36(8-2)31(38)28(22-25-16-10-9-11-17-25)35-32(39)40-33(4,5)6/h2,7,9-21,28-29H,1,22H2,3-6H3,(H,34,37)(H,35,39). The summed E-state index contributed by atoms with van der Waals surface area (Å²) in [5.74, 6) is -1.14. The third-order valence-corrected chi connectivity index (χ3v) is 6.02. The van der Waals surface area contributed by atoms with Gasteiger partial charge < -0.3 is 15.4 Å². The van der Waals surface area contributed by atoms with Gasteiger partial charge in [0.15, 0.2) is 0 Å². The van der Waals surface area contributed by atoms with Crippen LogP contribution in [0.1, 0.15) is 49.1 Å². The minimum absolute atomic E-state index is 0.135. The van der Waals surface area contributed by atoms with E-state index >= 15 is 0 Å². The first kappa shape index (κ1) is 29.7. The van der Waals surface area contributed by atoms with Crippen LogP contribution in [0.2, 0.25) is 0 Å². The van der Waals surface area contributed by atoms with Crippen molar-refractivity contribution in [2.45, 2.75) is 51.8 Å². The molecule has 0 bridgehead atoms. The average molecular weight is 538 g/mol. The van der Waals surface area contributed by atoms with Crippen molar-refractivity contribution in [3.63, 3.8) is 0 Å². The second-order valence-electron chi connectivity index (χ2n) is 10.3. The minimum atomic E-state index is -1.20. The van der Waals surface area contributed by atoms with Crippen LogP contribution in [-0.4, -0.2) is 34.5 Å². The van der Waals surface area contributed by atoms with Crippen LogP contribution in [0, 0.1) is 19.4 Å². The van der Waals surface area contributed by atoms with Gasteiger partial charge in [-0.3, -0.25) is 14.5 Å². The highest BCUT2D eigenvalue weighted by Gasteiger charge is 2.36. The SMILES string of the molecule is C#CN(C(=O)C(Cc1ccccc1)NC(=O)OC(C)(C)C)C(C(=O)Nc1ccccc1C)c1cccc(C=C)c1. The van der Waals surface area contributed by atoms with Gasteiger partial charge in [0.25, 0.3) is 11.8 Å². The second kappa shape index (κ2) is 13.3. The molecule has 7 nitrogen and oxygen atoms in total. The van der Waals surface area contributed by atoms with Gasteiger partial charge in [-0.05, 0) is 62.1 Å². The molecule has 40 heavy (non-hydrogen) atoms. The normalized spacial score (nSPS) is 12.3. The van der Waals surface area contributed by atoms with Crippen molar-refractivity contribution in [1.29, 1.82) is 0 Å². The smallest absolute Gasteiger partial charge is 0.408 e. The number of amides is 3. The quantitative estimate of drug-likeness (QED) is 0.264. The highest BCUT2D eigenvalue weighted by Crippen LogP contribution is 2.26. The number of benzene rings is 3. The Bertz CT molecular complexity index is 1400. The summed E-state index contributed by atoms with van der Waals surface area (Å²) in [6.45, 7) is 10.9. The van der Waals surface area contributed by atoms with E-state index in [0.717, 1.165) is 21.6 Å². The molecule has 0 spiro atoms. The van der Waals surface area contributed by atoms with Crippen molar-refractivity contribution in [3.05, 3.63) is 108 Å². The monoisotopic (exact) mass is 537 g/mol. The van der Waals surface area contributed by atoms with Crippen LogP contribution in [0.5, 0.6) is 0 Å². The molecule has 0 saturated carbocycles. The molecule has 3 rings (SSSR count). The van der Waals surface area contributed by atoms with E-state index in [1.165, 1.54) is 0 Å². The Hall–Kier alpha value is -4.83. The van der Waals surface area contributed by atoms with Gasteiger partial charge in [0.1, 0.15) is 17.7 Å². The van der Waals surface area contributed by atoms with E-state index in [0.29, 0.717) is 11.3 Å². The van der Waals surface area contributed by atoms with E-state index in [1.807, 2.05) is 55.5 Å². The van der Waals surface area contributed by atoms with E-state index in [1.54, 1.807) is 57.2 Å². The molecule has 2 unspecified atom stereocenters. The number of terminal acetylenes is 1. The largest absolute Gasteiger partial charge is 0.444 e. The maximum absolute atomic E-state index is 14.1. The molecule has 0 fully saturated rings. The molecule has 2 N–H and O–H groups in total. The molecule has 3 aromatic rings. The molecule has 0 heterocycles. The molecule has 2 atom stereocenters. The first-order valence-corrected chi connectivity index (χ1v) is 12.9. The highest BCUT2D eigenvalue weighted by molar-refractivity contribution is 6.00. The molecule has 0 aliphatic carbocycles. The summed E-state index contributed by atoms with van der Waals surface area (Å²) in [7, 11) is 0. The summed E-state index contributed by atoms with van der Waals surface area (Å²) in [6.07, 6.45) is 6.93. The lowest BCUT2D eigenvalue weighted by Crippen LogP contribution is -2.51. The fraction of sp³-hybridized carbons (Fsp3) is 0.242. The third-order valence-electron chi connectivity index (χ3n) is 6.02. The number of para-hydroxylation sites is 1. The van der Waals surface area contributed by atoms with Crippen LogP contribution in [0.3, 0.4) is 0 Å². The van der Waals surface area contributed by atoms with Gasteiger partial charge in [-0.2, -0.15) is 0 Å². The van der Waals surface area contributed by atoms with Gasteiger partial charge in [0.2, 0.25) is 0 Å². The van der Waals surface area contributed by atoms with Gasteiger partial charge in [0.05, 0.1) is 0 Å². The topological polar surface area (TPSA) is 87.7 Å². The average Bonchev–Trinajstić information content (AvgIpc) is 2.91. The fourth-order valence-electron chi connectivity index (χ4n) is 4.12. The number of ether oxygens (including phenoxy) is 1. The number of nitrogens with zero attached hydrogens (tertiary/aromatic N) is 1. The van der Waals surface area contributed by atoms with E-state index in [-0.39, 0.29) is 6.42 Å². The number of rotatable bonds is 9. The predicted octanol–water partition coefficient (Wildman–Crippen LogP) is 5.87. The number of aryl methyl sites for hydroxylation is 1. The van der Waals surface area contributed by atoms with Gasteiger partial charge in [0, 0.05) is 18.2 Å². The first-order chi connectivity index (χ1) is 19.0. The minimum Gasteiger partial charge on any atom is -0.444 e.